The number of carbonyl (C=O) groups excluding carboxylic acids is 1. The number of hydrogen-bond donors (Lipinski definition) is 1. The third kappa shape index (κ3) is 3.80. The molecule has 126 valence electrons. The van der Waals surface area contributed by atoms with Crippen molar-refractivity contribution in [1.29, 1.82) is 0 Å². The lowest BCUT2D eigenvalue weighted by Crippen LogP contribution is -2.48. The Labute approximate surface area is 148 Å². The first kappa shape index (κ1) is 17.0. The number of amides is 1. The quantitative estimate of drug-likeness (QED) is 0.917. The molecule has 0 radical (unpaired) electrons. The van der Waals surface area contributed by atoms with E-state index in [1.807, 2.05) is 41.3 Å². The van der Waals surface area contributed by atoms with Gasteiger partial charge >= 0.3 is 0 Å². The van der Waals surface area contributed by atoms with E-state index in [-0.39, 0.29) is 11.9 Å². The summed E-state index contributed by atoms with van der Waals surface area (Å²) in [7, 11) is 0. The summed E-state index contributed by atoms with van der Waals surface area (Å²) >= 11 is 6.36. The molecule has 1 saturated heterocycles. The van der Waals surface area contributed by atoms with Crippen molar-refractivity contribution in [3.8, 4) is 0 Å². The molecule has 0 bridgehead atoms. The van der Waals surface area contributed by atoms with Gasteiger partial charge in [0.05, 0.1) is 6.04 Å². The highest BCUT2D eigenvalue weighted by molar-refractivity contribution is 6.31. The van der Waals surface area contributed by atoms with Crippen LogP contribution in [0, 0.1) is 6.92 Å². The maximum absolute atomic E-state index is 12.8. The number of piperazine rings is 1. The van der Waals surface area contributed by atoms with Crippen molar-refractivity contribution in [2.75, 3.05) is 19.6 Å². The predicted molar refractivity (Wildman–Crippen MR) is 98.3 cm³/mol. The third-order valence-corrected chi connectivity index (χ3v) is 5.04. The molecule has 0 aliphatic carbocycles. The number of aryl methyl sites for hydroxylation is 2. The second-order valence-corrected chi connectivity index (χ2v) is 6.66. The molecule has 1 atom stereocenters. The lowest BCUT2D eigenvalue weighted by molar-refractivity contribution is -0.134. The average molecular weight is 343 g/mol. The molecule has 1 heterocycles. The molecule has 1 aliphatic rings. The first-order valence-electron chi connectivity index (χ1n) is 8.46. The fraction of sp³-hybridized carbons (Fsp3) is 0.350. The van der Waals surface area contributed by atoms with Crippen LogP contribution in [0.3, 0.4) is 0 Å². The molecular formula is C20H23ClN2O. The minimum absolute atomic E-state index is 0.0109. The van der Waals surface area contributed by atoms with Crippen LogP contribution >= 0.6 is 11.6 Å². The number of halogens is 1. The minimum Gasteiger partial charge on any atom is -0.333 e. The van der Waals surface area contributed by atoms with Gasteiger partial charge < -0.3 is 10.2 Å². The van der Waals surface area contributed by atoms with Gasteiger partial charge in [0.2, 0.25) is 5.91 Å². The summed E-state index contributed by atoms with van der Waals surface area (Å²) in [5.41, 5.74) is 3.51. The van der Waals surface area contributed by atoms with Gasteiger partial charge in [0.25, 0.3) is 0 Å². The monoisotopic (exact) mass is 342 g/mol. The molecule has 4 heteroatoms. The summed E-state index contributed by atoms with van der Waals surface area (Å²) in [4.78, 5) is 14.8. The average Bonchev–Trinajstić information content (AvgIpc) is 2.61. The Morgan fingerprint density at radius 3 is 2.75 bits per heavy atom. The van der Waals surface area contributed by atoms with Gasteiger partial charge in [0.15, 0.2) is 0 Å². The predicted octanol–water partition coefficient (Wildman–Crippen LogP) is 3.75. The molecule has 1 aliphatic heterocycles. The summed E-state index contributed by atoms with van der Waals surface area (Å²) < 4.78 is 0. The molecule has 1 unspecified atom stereocenters. The van der Waals surface area contributed by atoms with Crippen LogP contribution in [0.25, 0.3) is 0 Å². The summed E-state index contributed by atoms with van der Waals surface area (Å²) in [5, 5.41) is 4.10. The minimum atomic E-state index is 0.0109. The van der Waals surface area contributed by atoms with E-state index in [0.29, 0.717) is 6.42 Å². The summed E-state index contributed by atoms with van der Waals surface area (Å²) in [6.07, 6.45) is 1.32. The second-order valence-electron chi connectivity index (χ2n) is 6.26. The molecule has 0 aromatic heterocycles. The first-order chi connectivity index (χ1) is 11.7. The van der Waals surface area contributed by atoms with Crippen molar-refractivity contribution in [2.45, 2.75) is 25.8 Å². The molecule has 1 N–H and O–H groups in total. The van der Waals surface area contributed by atoms with Gasteiger partial charge in [-0.1, -0.05) is 54.1 Å². The van der Waals surface area contributed by atoms with E-state index in [1.54, 1.807) is 0 Å². The van der Waals surface area contributed by atoms with Crippen molar-refractivity contribution in [3.05, 3.63) is 70.2 Å². The van der Waals surface area contributed by atoms with Crippen molar-refractivity contribution in [1.82, 2.24) is 10.2 Å². The lowest BCUT2D eigenvalue weighted by atomic mass is 10.0. The molecule has 24 heavy (non-hydrogen) atoms. The standard InChI is InChI=1S/C20H23ClN2O/c1-15-6-2-3-7-16(15)10-11-20(24)23-13-12-22-14-19(23)17-8-4-5-9-18(17)21/h2-9,19,22H,10-14H2,1H3. The van der Waals surface area contributed by atoms with E-state index in [9.17, 15) is 4.79 Å². The van der Waals surface area contributed by atoms with Crippen LogP contribution in [0.15, 0.2) is 48.5 Å². The molecule has 1 amide bonds. The topological polar surface area (TPSA) is 32.3 Å². The van der Waals surface area contributed by atoms with Crippen LogP contribution in [0.2, 0.25) is 5.02 Å². The maximum Gasteiger partial charge on any atom is 0.223 e. The zero-order valence-corrected chi connectivity index (χ0v) is 14.7. The molecule has 1 fully saturated rings. The number of hydrogen-bond acceptors (Lipinski definition) is 2. The SMILES string of the molecule is Cc1ccccc1CCC(=O)N1CCNCC1c1ccccc1Cl. The van der Waals surface area contributed by atoms with Gasteiger partial charge in [0.1, 0.15) is 0 Å². The van der Waals surface area contributed by atoms with Crippen LogP contribution in [-0.4, -0.2) is 30.4 Å². The van der Waals surface area contributed by atoms with Crippen LogP contribution < -0.4 is 5.32 Å². The summed E-state index contributed by atoms with van der Waals surface area (Å²) in [5.74, 6) is 0.199. The highest BCUT2D eigenvalue weighted by Crippen LogP contribution is 2.29. The normalized spacial score (nSPS) is 17.8. The van der Waals surface area contributed by atoms with Crippen molar-refractivity contribution in [3.63, 3.8) is 0 Å². The molecule has 2 aromatic carbocycles. The number of benzene rings is 2. The fourth-order valence-electron chi connectivity index (χ4n) is 3.30. The fourth-order valence-corrected chi connectivity index (χ4v) is 3.56. The number of rotatable bonds is 4. The van der Waals surface area contributed by atoms with E-state index in [2.05, 4.69) is 24.4 Å². The van der Waals surface area contributed by atoms with Crippen LogP contribution in [-0.2, 0) is 11.2 Å². The Kier molecular flexibility index (Phi) is 5.54. The third-order valence-electron chi connectivity index (χ3n) is 4.70. The highest BCUT2D eigenvalue weighted by Gasteiger charge is 2.28. The smallest absolute Gasteiger partial charge is 0.223 e. The van der Waals surface area contributed by atoms with Crippen molar-refractivity contribution in [2.24, 2.45) is 0 Å². The largest absolute Gasteiger partial charge is 0.333 e. The van der Waals surface area contributed by atoms with Gasteiger partial charge in [-0.2, -0.15) is 0 Å². The van der Waals surface area contributed by atoms with E-state index in [4.69, 9.17) is 11.6 Å². The summed E-state index contributed by atoms with van der Waals surface area (Å²) in [6, 6.07) is 16.1. The zero-order valence-electron chi connectivity index (χ0n) is 14.0. The van der Waals surface area contributed by atoms with E-state index in [1.165, 1.54) is 11.1 Å². The molecule has 2 aromatic rings. The Bertz CT molecular complexity index is 716. The van der Waals surface area contributed by atoms with Crippen LogP contribution in [0.4, 0.5) is 0 Å². The maximum atomic E-state index is 12.8. The molecule has 3 nitrogen and oxygen atoms in total. The Balaban J connectivity index is 1.72. The van der Waals surface area contributed by atoms with E-state index in [0.717, 1.165) is 36.6 Å². The first-order valence-corrected chi connectivity index (χ1v) is 8.83. The van der Waals surface area contributed by atoms with Gasteiger partial charge in [-0.05, 0) is 36.1 Å². The van der Waals surface area contributed by atoms with Crippen LogP contribution in [0.5, 0.6) is 0 Å². The van der Waals surface area contributed by atoms with Gasteiger partial charge in [-0.15, -0.1) is 0 Å². The van der Waals surface area contributed by atoms with E-state index < -0.39 is 0 Å². The molecule has 3 rings (SSSR count). The molecule has 0 saturated carbocycles. The van der Waals surface area contributed by atoms with Gasteiger partial charge in [-0.25, -0.2) is 0 Å². The number of carbonyl (C=O) groups is 1. The molecular weight excluding hydrogens is 320 g/mol. The Hall–Kier alpha value is -1.84. The van der Waals surface area contributed by atoms with Crippen LogP contribution in [0.1, 0.15) is 29.2 Å². The Morgan fingerprint density at radius 1 is 1.21 bits per heavy atom. The highest BCUT2D eigenvalue weighted by atomic mass is 35.5. The van der Waals surface area contributed by atoms with Gasteiger partial charge in [0, 0.05) is 31.1 Å². The van der Waals surface area contributed by atoms with Crippen molar-refractivity contribution < 1.29 is 4.79 Å². The number of nitrogens with one attached hydrogen (secondary N) is 1. The lowest BCUT2D eigenvalue weighted by Gasteiger charge is -2.37. The van der Waals surface area contributed by atoms with Crippen molar-refractivity contribution >= 4 is 17.5 Å². The van der Waals surface area contributed by atoms with Gasteiger partial charge in [-0.3, -0.25) is 4.79 Å². The Morgan fingerprint density at radius 2 is 1.96 bits per heavy atom. The molecule has 0 spiro atoms. The van der Waals surface area contributed by atoms with E-state index >= 15 is 0 Å². The second kappa shape index (κ2) is 7.82. The number of nitrogens with zero attached hydrogens (tertiary/aromatic N) is 1. The zero-order chi connectivity index (χ0) is 16.9. The summed E-state index contributed by atoms with van der Waals surface area (Å²) in [6.45, 7) is 4.40.